The van der Waals surface area contributed by atoms with Gasteiger partial charge in [-0.15, -0.1) is 0 Å². The van der Waals surface area contributed by atoms with Crippen LogP contribution in [0.2, 0.25) is 0 Å². The molecule has 0 radical (unpaired) electrons. The fourth-order valence-electron chi connectivity index (χ4n) is 1.90. The number of rotatable bonds is 3. The van der Waals surface area contributed by atoms with Crippen LogP contribution in [0, 0.1) is 0 Å². The van der Waals surface area contributed by atoms with Crippen molar-refractivity contribution in [1.82, 2.24) is 4.98 Å². The molecule has 0 fully saturated rings. The van der Waals surface area contributed by atoms with Gasteiger partial charge in [0.05, 0.1) is 12.7 Å². The number of esters is 1. The quantitative estimate of drug-likeness (QED) is 0.803. The van der Waals surface area contributed by atoms with Gasteiger partial charge >= 0.3 is 5.97 Å². The molecule has 16 heavy (non-hydrogen) atoms. The van der Waals surface area contributed by atoms with E-state index in [0.717, 1.165) is 23.7 Å². The van der Waals surface area contributed by atoms with Gasteiger partial charge in [-0.3, -0.25) is 0 Å². The van der Waals surface area contributed by atoms with Crippen LogP contribution in [0.5, 0.6) is 0 Å². The highest BCUT2D eigenvalue weighted by Gasteiger charge is 2.08. The van der Waals surface area contributed by atoms with Crippen LogP contribution >= 0.6 is 0 Å². The van der Waals surface area contributed by atoms with Gasteiger partial charge in [-0.25, -0.2) is 4.79 Å². The van der Waals surface area contributed by atoms with E-state index >= 15 is 0 Å². The molecule has 1 N–H and O–H groups in total. The summed E-state index contributed by atoms with van der Waals surface area (Å²) in [6, 6.07) is 5.59. The van der Waals surface area contributed by atoms with E-state index in [1.54, 1.807) is 6.07 Å². The zero-order valence-electron chi connectivity index (χ0n) is 9.54. The van der Waals surface area contributed by atoms with Gasteiger partial charge in [-0.1, -0.05) is 13.3 Å². The Morgan fingerprint density at radius 2 is 2.25 bits per heavy atom. The van der Waals surface area contributed by atoms with Crippen molar-refractivity contribution >= 4 is 16.9 Å². The fourth-order valence-corrected chi connectivity index (χ4v) is 1.90. The molecule has 3 heteroatoms. The van der Waals surface area contributed by atoms with Crippen LogP contribution in [0.15, 0.2) is 24.4 Å². The molecule has 0 bridgehead atoms. The van der Waals surface area contributed by atoms with E-state index < -0.39 is 0 Å². The number of hydrogen-bond donors (Lipinski definition) is 1. The Hall–Kier alpha value is -1.77. The lowest BCUT2D eigenvalue weighted by Crippen LogP contribution is -2.00. The van der Waals surface area contributed by atoms with Gasteiger partial charge in [0.2, 0.25) is 0 Å². The maximum Gasteiger partial charge on any atom is 0.337 e. The van der Waals surface area contributed by atoms with Gasteiger partial charge in [-0.05, 0) is 30.2 Å². The van der Waals surface area contributed by atoms with E-state index in [2.05, 4.69) is 11.9 Å². The number of carbonyl (C=O) groups is 1. The van der Waals surface area contributed by atoms with E-state index in [0.29, 0.717) is 5.56 Å². The normalized spacial score (nSPS) is 10.6. The van der Waals surface area contributed by atoms with E-state index in [4.69, 9.17) is 4.74 Å². The van der Waals surface area contributed by atoms with Crippen molar-refractivity contribution in [2.45, 2.75) is 19.8 Å². The molecule has 0 aliphatic heterocycles. The third-order valence-electron chi connectivity index (χ3n) is 2.71. The average Bonchev–Trinajstić information content (AvgIpc) is 2.71. The minimum Gasteiger partial charge on any atom is -0.465 e. The van der Waals surface area contributed by atoms with Gasteiger partial charge in [0, 0.05) is 17.1 Å². The fraction of sp³-hybridized carbons (Fsp3) is 0.308. The topological polar surface area (TPSA) is 42.1 Å². The second-order valence-corrected chi connectivity index (χ2v) is 3.82. The maximum absolute atomic E-state index is 11.4. The van der Waals surface area contributed by atoms with Crippen molar-refractivity contribution in [1.29, 1.82) is 0 Å². The van der Waals surface area contributed by atoms with Crippen molar-refractivity contribution in [2.75, 3.05) is 7.11 Å². The SMILES string of the molecule is CCCc1c[nH]c2ccc(C(=O)OC)cc12. The van der Waals surface area contributed by atoms with Crippen LogP contribution in [0.4, 0.5) is 0 Å². The Morgan fingerprint density at radius 3 is 2.94 bits per heavy atom. The molecule has 0 amide bonds. The molecule has 84 valence electrons. The zero-order valence-corrected chi connectivity index (χ0v) is 9.54. The molecule has 1 aromatic heterocycles. The lowest BCUT2D eigenvalue weighted by molar-refractivity contribution is 0.0601. The highest BCUT2D eigenvalue weighted by molar-refractivity contribution is 5.95. The predicted octanol–water partition coefficient (Wildman–Crippen LogP) is 2.91. The highest BCUT2D eigenvalue weighted by Crippen LogP contribution is 2.21. The third kappa shape index (κ3) is 1.81. The van der Waals surface area contributed by atoms with Gasteiger partial charge in [0.15, 0.2) is 0 Å². The second kappa shape index (κ2) is 4.39. The summed E-state index contributed by atoms with van der Waals surface area (Å²) in [5, 5.41) is 1.12. The summed E-state index contributed by atoms with van der Waals surface area (Å²) in [5.41, 5.74) is 2.92. The van der Waals surface area contributed by atoms with Gasteiger partial charge in [-0.2, -0.15) is 0 Å². The number of methoxy groups -OCH3 is 1. The molecular formula is C13H15NO2. The number of H-pyrrole nitrogens is 1. The molecule has 0 saturated carbocycles. The molecule has 2 rings (SSSR count). The average molecular weight is 217 g/mol. The van der Waals surface area contributed by atoms with E-state index in [1.807, 2.05) is 18.3 Å². The first kappa shape index (κ1) is 10.7. The molecule has 0 unspecified atom stereocenters. The number of benzene rings is 1. The maximum atomic E-state index is 11.4. The number of carbonyl (C=O) groups excluding carboxylic acids is 1. The summed E-state index contributed by atoms with van der Waals surface area (Å²) in [4.78, 5) is 14.6. The smallest absolute Gasteiger partial charge is 0.337 e. The van der Waals surface area contributed by atoms with Gasteiger partial charge in [0.25, 0.3) is 0 Å². The Labute approximate surface area is 94.4 Å². The molecule has 0 atom stereocenters. The van der Waals surface area contributed by atoms with Crippen molar-refractivity contribution < 1.29 is 9.53 Å². The number of aromatic amines is 1. The Kier molecular flexibility index (Phi) is 2.95. The zero-order chi connectivity index (χ0) is 11.5. The van der Waals surface area contributed by atoms with Crippen molar-refractivity contribution in [3.05, 3.63) is 35.5 Å². The van der Waals surface area contributed by atoms with Crippen LogP contribution < -0.4 is 0 Å². The molecule has 0 saturated heterocycles. The number of aryl methyl sites for hydroxylation is 1. The number of nitrogens with one attached hydrogen (secondary N) is 1. The molecule has 1 heterocycles. The minimum absolute atomic E-state index is 0.287. The predicted molar refractivity (Wildman–Crippen MR) is 63.6 cm³/mol. The Balaban J connectivity index is 2.49. The number of ether oxygens (including phenoxy) is 1. The van der Waals surface area contributed by atoms with Crippen LogP contribution in [0.3, 0.4) is 0 Å². The Morgan fingerprint density at radius 1 is 1.44 bits per heavy atom. The number of fused-ring (bicyclic) bond motifs is 1. The Bertz CT molecular complexity index is 514. The van der Waals surface area contributed by atoms with Crippen molar-refractivity contribution in [3.8, 4) is 0 Å². The first-order valence-electron chi connectivity index (χ1n) is 5.44. The summed E-state index contributed by atoms with van der Waals surface area (Å²) in [6.07, 6.45) is 4.12. The van der Waals surface area contributed by atoms with E-state index in [9.17, 15) is 4.79 Å². The van der Waals surface area contributed by atoms with Crippen LogP contribution in [0.25, 0.3) is 10.9 Å². The second-order valence-electron chi connectivity index (χ2n) is 3.82. The summed E-state index contributed by atoms with van der Waals surface area (Å²) in [5.74, 6) is -0.287. The first-order chi connectivity index (χ1) is 7.76. The highest BCUT2D eigenvalue weighted by atomic mass is 16.5. The molecule has 0 spiro atoms. The largest absolute Gasteiger partial charge is 0.465 e. The molecular weight excluding hydrogens is 202 g/mol. The molecule has 0 aliphatic carbocycles. The third-order valence-corrected chi connectivity index (χ3v) is 2.71. The van der Waals surface area contributed by atoms with Gasteiger partial charge < -0.3 is 9.72 Å². The lowest BCUT2D eigenvalue weighted by Gasteiger charge is -2.00. The monoisotopic (exact) mass is 217 g/mol. The van der Waals surface area contributed by atoms with Crippen LogP contribution in [-0.2, 0) is 11.2 Å². The summed E-state index contributed by atoms with van der Waals surface area (Å²) in [6.45, 7) is 2.14. The molecule has 2 aromatic rings. The standard InChI is InChI=1S/C13H15NO2/c1-3-4-10-8-14-12-6-5-9(7-11(10)12)13(15)16-2/h5-8,14H,3-4H2,1-2H3. The van der Waals surface area contributed by atoms with Crippen LogP contribution in [-0.4, -0.2) is 18.1 Å². The first-order valence-corrected chi connectivity index (χ1v) is 5.44. The van der Waals surface area contributed by atoms with E-state index in [-0.39, 0.29) is 5.97 Å². The molecule has 3 nitrogen and oxygen atoms in total. The van der Waals surface area contributed by atoms with E-state index in [1.165, 1.54) is 12.7 Å². The minimum atomic E-state index is -0.287. The van der Waals surface area contributed by atoms with Crippen molar-refractivity contribution in [2.24, 2.45) is 0 Å². The summed E-state index contributed by atoms with van der Waals surface area (Å²) in [7, 11) is 1.40. The lowest BCUT2D eigenvalue weighted by atomic mass is 10.1. The molecule has 1 aromatic carbocycles. The van der Waals surface area contributed by atoms with Gasteiger partial charge in [0.1, 0.15) is 0 Å². The molecule has 0 aliphatic rings. The summed E-state index contributed by atoms with van der Waals surface area (Å²) >= 11 is 0. The number of hydrogen-bond acceptors (Lipinski definition) is 2. The summed E-state index contributed by atoms with van der Waals surface area (Å²) < 4.78 is 4.71. The van der Waals surface area contributed by atoms with Crippen molar-refractivity contribution in [3.63, 3.8) is 0 Å². The number of aromatic nitrogens is 1. The van der Waals surface area contributed by atoms with Crippen LogP contribution in [0.1, 0.15) is 29.3 Å².